The first-order chi connectivity index (χ1) is 10.2. The fraction of sp³-hybridized carbons (Fsp3) is 0.562. The van der Waals surface area contributed by atoms with Crippen molar-refractivity contribution in [2.75, 3.05) is 26.2 Å². The van der Waals surface area contributed by atoms with Crippen LogP contribution < -0.4 is 11.1 Å². The molecule has 0 saturated carbocycles. The molecule has 114 valence electrons. The van der Waals surface area contributed by atoms with Gasteiger partial charge in [0.05, 0.1) is 17.0 Å². The second-order valence-corrected chi connectivity index (χ2v) is 6.35. The Morgan fingerprint density at radius 3 is 2.95 bits per heavy atom. The number of nitrogens with zero attached hydrogens (tertiary/aromatic N) is 1. The molecule has 3 N–H and O–H groups in total. The normalized spacial score (nSPS) is 16.9. The average molecular weight is 305 g/mol. The zero-order valence-corrected chi connectivity index (χ0v) is 13.3. The quantitative estimate of drug-likeness (QED) is 0.832. The number of thiophene rings is 1. The minimum Gasteiger partial charge on any atom is -0.348 e. The number of carbonyl (C=O) groups is 1. The minimum atomic E-state index is -0.0171. The van der Waals surface area contributed by atoms with Crippen LogP contribution in [-0.2, 0) is 0 Å². The highest BCUT2D eigenvalue weighted by Gasteiger charge is 2.16. The number of piperidine rings is 1. The fourth-order valence-electron chi connectivity index (χ4n) is 2.54. The van der Waals surface area contributed by atoms with E-state index in [1.165, 1.54) is 30.6 Å². The summed E-state index contributed by atoms with van der Waals surface area (Å²) in [6, 6.07) is 1.99. The molecule has 5 heteroatoms. The van der Waals surface area contributed by atoms with Crippen LogP contribution in [0.3, 0.4) is 0 Å². The molecule has 0 aromatic carbocycles. The number of hydrogen-bond donors (Lipinski definition) is 2. The van der Waals surface area contributed by atoms with Gasteiger partial charge in [-0.25, -0.2) is 0 Å². The first kappa shape index (κ1) is 16.0. The standard InChI is InChI=1S/C16H23N3OS/c1-13(11-19-8-3-2-4-9-19)18-16(20)14-10-15(21-12-14)6-5-7-17/h10,12-13H,2-4,7-9,11,17H2,1H3,(H,18,20). The van der Waals surface area contributed by atoms with Crippen molar-refractivity contribution in [3.63, 3.8) is 0 Å². The third kappa shape index (κ3) is 5.16. The number of amides is 1. The van der Waals surface area contributed by atoms with Crippen LogP contribution in [0.2, 0.25) is 0 Å². The molecule has 1 aliphatic heterocycles. The van der Waals surface area contributed by atoms with Crippen molar-refractivity contribution in [2.45, 2.75) is 32.2 Å². The molecule has 1 aromatic heterocycles. The fourth-order valence-corrected chi connectivity index (χ4v) is 3.30. The average Bonchev–Trinajstić information content (AvgIpc) is 2.95. The Morgan fingerprint density at radius 2 is 2.24 bits per heavy atom. The monoisotopic (exact) mass is 305 g/mol. The molecule has 1 unspecified atom stereocenters. The highest BCUT2D eigenvalue weighted by Crippen LogP contribution is 2.14. The lowest BCUT2D eigenvalue weighted by atomic mass is 10.1. The smallest absolute Gasteiger partial charge is 0.252 e. The van der Waals surface area contributed by atoms with Crippen molar-refractivity contribution >= 4 is 17.2 Å². The van der Waals surface area contributed by atoms with Gasteiger partial charge in [-0.1, -0.05) is 18.3 Å². The van der Waals surface area contributed by atoms with Crippen molar-refractivity contribution in [1.29, 1.82) is 0 Å². The van der Waals surface area contributed by atoms with Gasteiger partial charge >= 0.3 is 0 Å². The summed E-state index contributed by atoms with van der Waals surface area (Å²) in [6.07, 6.45) is 3.88. The lowest BCUT2D eigenvalue weighted by molar-refractivity contribution is 0.0926. The Bertz CT molecular complexity index is 523. The number of nitrogens with one attached hydrogen (secondary N) is 1. The van der Waals surface area contributed by atoms with Crippen LogP contribution in [0, 0.1) is 11.8 Å². The highest BCUT2D eigenvalue weighted by molar-refractivity contribution is 7.10. The van der Waals surface area contributed by atoms with E-state index >= 15 is 0 Å². The summed E-state index contributed by atoms with van der Waals surface area (Å²) >= 11 is 1.48. The lowest BCUT2D eigenvalue weighted by Crippen LogP contribution is -2.43. The Labute approximate surface area is 130 Å². The second kappa shape index (κ2) is 8.18. The van der Waals surface area contributed by atoms with Gasteiger partial charge in [-0.3, -0.25) is 4.79 Å². The number of carbonyl (C=O) groups excluding carboxylic acids is 1. The van der Waals surface area contributed by atoms with Crippen LogP contribution in [0.5, 0.6) is 0 Å². The van der Waals surface area contributed by atoms with Gasteiger partial charge in [0.1, 0.15) is 0 Å². The third-order valence-corrected chi connectivity index (χ3v) is 4.38. The van der Waals surface area contributed by atoms with Gasteiger partial charge in [-0.15, -0.1) is 11.3 Å². The number of nitrogens with two attached hydrogens (primary N) is 1. The summed E-state index contributed by atoms with van der Waals surface area (Å²) in [5.41, 5.74) is 6.03. The molecule has 1 atom stereocenters. The van der Waals surface area contributed by atoms with Gasteiger partial charge in [-0.05, 0) is 38.9 Å². The maximum Gasteiger partial charge on any atom is 0.252 e. The van der Waals surface area contributed by atoms with Crippen LogP contribution in [0.1, 0.15) is 41.4 Å². The minimum absolute atomic E-state index is 0.0171. The second-order valence-electron chi connectivity index (χ2n) is 5.44. The van der Waals surface area contributed by atoms with Crippen molar-refractivity contribution in [3.8, 4) is 11.8 Å². The first-order valence-electron chi connectivity index (χ1n) is 7.49. The molecular weight excluding hydrogens is 282 g/mol. The molecule has 1 saturated heterocycles. The maximum absolute atomic E-state index is 12.2. The van der Waals surface area contributed by atoms with Crippen molar-refractivity contribution in [3.05, 3.63) is 21.9 Å². The predicted octanol–water partition coefficient (Wildman–Crippen LogP) is 1.66. The van der Waals surface area contributed by atoms with Crippen LogP contribution in [0.4, 0.5) is 0 Å². The van der Waals surface area contributed by atoms with Crippen LogP contribution in [-0.4, -0.2) is 43.0 Å². The van der Waals surface area contributed by atoms with Crippen molar-refractivity contribution in [1.82, 2.24) is 10.2 Å². The molecular formula is C16H23N3OS. The molecule has 0 aliphatic carbocycles. The molecule has 2 rings (SSSR count). The molecule has 0 radical (unpaired) electrons. The number of likely N-dealkylation sites (tertiary alicyclic amines) is 1. The van der Waals surface area contributed by atoms with Gasteiger partial charge in [0.25, 0.3) is 5.91 Å². The summed E-state index contributed by atoms with van der Waals surface area (Å²) in [7, 11) is 0. The third-order valence-electron chi connectivity index (χ3n) is 3.53. The predicted molar refractivity (Wildman–Crippen MR) is 87.5 cm³/mol. The van der Waals surface area contributed by atoms with Crippen molar-refractivity contribution in [2.24, 2.45) is 5.73 Å². The van der Waals surface area contributed by atoms with Crippen molar-refractivity contribution < 1.29 is 4.79 Å². The highest BCUT2D eigenvalue weighted by atomic mass is 32.1. The molecule has 1 amide bonds. The maximum atomic E-state index is 12.2. The summed E-state index contributed by atoms with van der Waals surface area (Å²) in [5.74, 6) is 5.74. The largest absolute Gasteiger partial charge is 0.348 e. The van der Waals surface area contributed by atoms with E-state index in [1.54, 1.807) is 0 Å². The molecule has 1 aromatic rings. The Hall–Kier alpha value is -1.35. The van der Waals surface area contributed by atoms with E-state index in [2.05, 4.69) is 29.0 Å². The van der Waals surface area contributed by atoms with E-state index in [-0.39, 0.29) is 11.9 Å². The zero-order valence-electron chi connectivity index (χ0n) is 12.5. The molecule has 1 aliphatic rings. The Kier molecular flexibility index (Phi) is 6.24. The molecule has 21 heavy (non-hydrogen) atoms. The van der Waals surface area contributed by atoms with E-state index in [4.69, 9.17) is 5.73 Å². The molecule has 4 nitrogen and oxygen atoms in total. The van der Waals surface area contributed by atoms with E-state index in [0.717, 1.165) is 24.5 Å². The summed E-state index contributed by atoms with van der Waals surface area (Å²) < 4.78 is 0. The zero-order chi connectivity index (χ0) is 15.1. The van der Waals surface area contributed by atoms with E-state index in [0.29, 0.717) is 12.1 Å². The van der Waals surface area contributed by atoms with Gasteiger partial charge < -0.3 is 16.0 Å². The van der Waals surface area contributed by atoms with Crippen LogP contribution in [0.15, 0.2) is 11.4 Å². The lowest BCUT2D eigenvalue weighted by Gasteiger charge is -2.29. The first-order valence-corrected chi connectivity index (χ1v) is 8.37. The molecule has 1 fully saturated rings. The van der Waals surface area contributed by atoms with Gasteiger partial charge in [0.2, 0.25) is 0 Å². The SMILES string of the molecule is CC(CN1CCCCC1)NC(=O)c1csc(C#CCN)c1. The van der Waals surface area contributed by atoms with Crippen LogP contribution >= 0.6 is 11.3 Å². The Balaban J connectivity index is 1.83. The molecule has 0 spiro atoms. The van der Waals surface area contributed by atoms with Gasteiger partial charge in [-0.2, -0.15) is 0 Å². The molecule has 2 heterocycles. The van der Waals surface area contributed by atoms with E-state index in [9.17, 15) is 4.79 Å². The molecule has 0 bridgehead atoms. The Morgan fingerprint density at radius 1 is 1.48 bits per heavy atom. The number of hydrogen-bond acceptors (Lipinski definition) is 4. The van der Waals surface area contributed by atoms with E-state index < -0.39 is 0 Å². The van der Waals surface area contributed by atoms with Crippen LogP contribution in [0.25, 0.3) is 0 Å². The summed E-state index contributed by atoms with van der Waals surface area (Å²) in [5, 5.41) is 4.92. The topological polar surface area (TPSA) is 58.4 Å². The summed E-state index contributed by atoms with van der Waals surface area (Å²) in [6.45, 7) is 5.63. The van der Waals surface area contributed by atoms with E-state index in [1.807, 2.05) is 11.4 Å². The number of rotatable bonds is 4. The summed E-state index contributed by atoms with van der Waals surface area (Å²) in [4.78, 5) is 15.5. The van der Waals surface area contributed by atoms with Gasteiger partial charge in [0.15, 0.2) is 0 Å². The van der Waals surface area contributed by atoms with Gasteiger partial charge in [0, 0.05) is 18.0 Å².